The van der Waals surface area contributed by atoms with Crippen molar-refractivity contribution in [2.75, 3.05) is 6.54 Å². The maximum absolute atomic E-state index is 11.8. The van der Waals surface area contributed by atoms with Gasteiger partial charge in [0.2, 0.25) is 0 Å². The summed E-state index contributed by atoms with van der Waals surface area (Å²) in [7, 11) is 0. The second-order valence-corrected chi connectivity index (χ2v) is 6.07. The van der Waals surface area contributed by atoms with Crippen molar-refractivity contribution in [1.29, 1.82) is 0 Å². The SMILES string of the molecule is Cc1ccccc1Cn1cc(COC(=O)NCCc2ccccc2)nn1. The number of alkyl carbamates (subject to hydrolysis) is 1. The molecule has 0 atom stereocenters. The van der Waals surface area contributed by atoms with Crippen LogP contribution in [0.1, 0.15) is 22.4 Å². The van der Waals surface area contributed by atoms with Gasteiger partial charge >= 0.3 is 6.09 Å². The van der Waals surface area contributed by atoms with Crippen molar-refractivity contribution < 1.29 is 9.53 Å². The minimum Gasteiger partial charge on any atom is -0.443 e. The Labute approximate surface area is 152 Å². The molecule has 0 bridgehead atoms. The van der Waals surface area contributed by atoms with Crippen LogP contribution in [0.15, 0.2) is 60.8 Å². The molecule has 3 aromatic rings. The summed E-state index contributed by atoms with van der Waals surface area (Å²) >= 11 is 0. The molecular formula is C20H22N4O2. The number of carbonyl (C=O) groups excluding carboxylic acids is 1. The largest absolute Gasteiger partial charge is 0.443 e. The average Bonchev–Trinajstić information content (AvgIpc) is 3.10. The highest BCUT2D eigenvalue weighted by molar-refractivity contribution is 5.67. The molecule has 0 saturated heterocycles. The number of nitrogens with zero attached hydrogens (tertiary/aromatic N) is 3. The summed E-state index contributed by atoms with van der Waals surface area (Å²) in [5.41, 5.74) is 4.19. The number of rotatable bonds is 7. The second-order valence-electron chi connectivity index (χ2n) is 6.07. The van der Waals surface area contributed by atoms with Gasteiger partial charge in [-0.1, -0.05) is 59.8 Å². The first kappa shape index (κ1) is 17.7. The van der Waals surface area contributed by atoms with Gasteiger partial charge < -0.3 is 10.1 Å². The van der Waals surface area contributed by atoms with E-state index in [0.29, 0.717) is 18.8 Å². The standard InChI is InChI=1S/C20H22N4O2/c1-16-7-5-6-10-18(16)13-24-14-19(22-23-24)15-26-20(25)21-12-11-17-8-3-2-4-9-17/h2-10,14H,11-13,15H2,1H3,(H,21,25). The van der Waals surface area contributed by atoms with Gasteiger partial charge in [0.25, 0.3) is 0 Å². The average molecular weight is 350 g/mol. The Balaban J connectivity index is 1.41. The monoisotopic (exact) mass is 350 g/mol. The first-order valence-corrected chi connectivity index (χ1v) is 8.59. The fourth-order valence-corrected chi connectivity index (χ4v) is 2.59. The zero-order valence-electron chi connectivity index (χ0n) is 14.8. The lowest BCUT2D eigenvalue weighted by Crippen LogP contribution is -2.26. The molecule has 1 aromatic heterocycles. The van der Waals surface area contributed by atoms with E-state index in [1.807, 2.05) is 42.5 Å². The van der Waals surface area contributed by atoms with Crippen LogP contribution in [0.3, 0.4) is 0 Å². The van der Waals surface area contributed by atoms with E-state index in [4.69, 9.17) is 4.74 Å². The molecule has 0 aliphatic heterocycles. The molecule has 0 aliphatic carbocycles. The van der Waals surface area contributed by atoms with Crippen molar-refractivity contribution in [2.24, 2.45) is 0 Å². The first-order valence-electron chi connectivity index (χ1n) is 8.59. The van der Waals surface area contributed by atoms with E-state index in [1.165, 1.54) is 16.7 Å². The summed E-state index contributed by atoms with van der Waals surface area (Å²) in [6, 6.07) is 18.1. The zero-order chi connectivity index (χ0) is 18.2. The Morgan fingerprint density at radius 2 is 1.88 bits per heavy atom. The van der Waals surface area contributed by atoms with Crippen molar-refractivity contribution in [3.8, 4) is 0 Å². The van der Waals surface area contributed by atoms with E-state index in [1.54, 1.807) is 10.9 Å². The van der Waals surface area contributed by atoms with Gasteiger partial charge in [-0.15, -0.1) is 5.10 Å². The molecule has 0 aliphatic rings. The Bertz CT molecular complexity index is 846. The molecule has 1 heterocycles. The molecular weight excluding hydrogens is 328 g/mol. The smallest absolute Gasteiger partial charge is 0.407 e. The highest BCUT2D eigenvalue weighted by Gasteiger charge is 2.07. The van der Waals surface area contributed by atoms with Gasteiger partial charge in [-0.3, -0.25) is 0 Å². The van der Waals surface area contributed by atoms with Gasteiger partial charge in [-0.2, -0.15) is 0 Å². The van der Waals surface area contributed by atoms with Crippen LogP contribution in [0.25, 0.3) is 0 Å². The second kappa shape index (κ2) is 8.80. The fraction of sp³-hybridized carbons (Fsp3) is 0.250. The minimum absolute atomic E-state index is 0.102. The molecule has 1 N–H and O–H groups in total. The van der Waals surface area contributed by atoms with Crippen LogP contribution in [-0.4, -0.2) is 27.6 Å². The van der Waals surface area contributed by atoms with Crippen LogP contribution in [-0.2, 0) is 24.3 Å². The number of aryl methyl sites for hydroxylation is 1. The number of aromatic nitrogens is 3. The molecule has 134 valence electrons. The number of ether oxygens (including phenoxy) is 1. The third kappa shape index (κ3) is 5.17. The fourth-order valence-electron chi connectivity index (χ4n) is 2.59. The molecule has 0 fully saturated rings. The molecule has 0 spiro atoms. The minimum atomic E-state index is -0.450. The summed E-state index contributed by atoms with van der Waals surface area (Å²) in [5, 5.41) is 10.9. The van der Waals surface area contributed by atoms with E-state index in [2.05, 4.69) is 34.7 Å². The quantitative estimate of drug-likeness (QED) is 0.711. The Hall–Kier alpha value is -3.15. The summed E-state index contributed by atoms with van der Waals surface area (Å²) in [4.78, 5) is 11.8. The molecule has 0 radical (unpaired) electrons. The number of hydrogen-bond donors (Lipinski definition) is 1. The van der Waals surface area contributed by atoms with Crippen molar-refractivity contribution in [3.63, 3.8) is 0 Å². The summed E-state index contributed by atoms with van der Waals surface area (Å²) in [6.45, 7) is 3.34. The molecule has 1 amide bonds. The highest BCUT2D eigenvalue weighted by atomic mass is 16.5. The lowest BCUT2D eigenvalue weighted by molar-refractivity contribution is 0.138. The molecule has 6 heteroatoms. The predicted molar refractivity (Wildman–Crippen MR) is 98.6 cm³/mol. The summed E-state index contributed by atoms with van der Waals surface area (Å²) < 4.78 is 6.93. The normalized spacial score (nSPS) is 10.5. The highest BCUT2D eigenvalue weighted by Crippen LogP contribution is 2.09. The Morgan fingerprint density at radius 1 is 1.12 bits per heavy atom. The molecule has 6 nitrogen and oxygen atoms in total. The van der Waals surface area contributed by atoms with Crippen LogP contribution >= 0.6 is 0 Å². The lowest BCUT2D eigenvalue weighted by atomic mass is 10.1. The number of hydrogen-bond acceptors (Lipinski definition) is 4. The molecule has 0 saturated carbocycles. The van der Waals surface area contributed by atoms with Crippen LogP contribution < -0.4 is 5.32 Å². The first-order chi connectivity index (χ1) is 12.7. The van der Waals surface area contributed by atoms with Gasteiger partial charge in [0.05, 0.1) is 12.7 Å². The van der Waals surface area contributed by atoms with E-state index in [0.717, 1.165) is 6.42 Å². The number of nitrogens with one attached hydrogen (secondary N) is 1. The zero-order valence-corrected chi connectivity index (χ0v) is 14.8. The van der Waals surface area contributed by atoms with Crippen LogP contribution in [0.5, 0.6) is 0 Å². The summed E-state index contributed by atoms with van der Waals surface area (Å²) in [6.07, 6.45) is 2.11. The maximum atomic E-state index is 11.8. The van der Waals surface area contributed by atoms with Gasteiger partial charge in [0, 0.05) is 6.54 Å². The number of amides is 1. The van der Waals surface area contributed by atoms with Gasteiger partial charge in [0.1, 0.15) is 12.3 Å². The van der Waals surface area contributed by atoms with Gasteiger partial charge in [-0.05, 0) is 30.0 Å². The van der Waals surface area contributed by atoms with Crippen molar-refractivity contribution >= 4 is 6.09 Å². The molecule has 26 heavy (non-hydrogen) atoms. The third-order valence-electron chi connectivity index (χ3n) is 4.06. The number of benzene rings is 2. The van der Waals surface area contributed by atoms with E-state index in [9.17, 15) is 4.79 Å². The molecule has 3 rings (SSSR count). The summed E-state index contributed by atoms with van der Waals surface area (Å²) in [5.74, 6) is 0. The van der Waals surface area contributed by atoms with Gasteiger partial charge in [0.15, 0.2) is 0 Å². The van der Waals surface area contributed by atoms with E-state index >= 15 is 0 Å². The Kier molecular flexibility index (Phi) is 5.98. The Morgan fingerprint density at radius 3 is 2.69 bits per heavy atom. The maximum Gasteiger partial charge on any atom is 0.407 e. The van der Waals surface area contributed by atoms with Gasteiger partial charge in [-0.25, -0.2) is 9.48 Å². The topological polar surface area (TPSA) is 69.0 Å². The molecule has 0 unspecified atom stereocenters. The van der Waals surface area contributed by atoms with Crippen molar-refractivity contribution in [2.45, 2.75) is 26.5 Å². The van der Waals surface area contributed by atoms with Crippen LogP contribution in [0.2, 0.25) is 0 Å². The van der Waals surface area contributed by atoms with Crippen LogP contribution in [0.4, 0.5) is 4.79 Å². The predicted octanol–water partition coefficient (Wildman–Crippen LogP) is 3.10. The molecule has 2 aromatic carbocycles. The van der Waals surface area contributed by atoms with E-state index < -0.39 is 6.09 Å². The van der Waals surface area contributed by atoms with Crippen molar-refractivity contribution in [3.05, 3.63) is 83.2 Å². The third-order valence-corrected chi connectivity index (χ3v) is 4.06. The number of carbonyl (C=O) groups is 1. The lowest BCUT2D eigenvalue weighted by Gasteiger charge is -2.06. The van der Waals surface area contributed by atoms with Crippen molar-refractivity contribution in [1.82, 2.24) is 20.3 Å². The van der Waals surface area contributed by atoms with Crippen LogP contribution in [0, 0.1) is 6.92 Å². The van der Waals surface area contributed by atoms with E-state index in [-0.39, 0.29) is 6.61 Å².